The molecule has 4 aromatic rings. The summed E-state index contributed by atoms with van der Waals surface area (Å²) in [5.74, 6) is -0.391. The zero-order valence-electron chi connectivity index (χ0n) is 33.9. The first-order chi connectivity index (χ1) is 29.2. The number of phenolic OH excluding ortho intramolecular Hbond substituents is 1. The Bertz CT molecular complexity index is 2320. The molecule has 1 aliphatic carbocycles. The highest BCUT2D eigenvalue weighted by atomic mass is 16.3. The van der Waals surface area contributed by atoms with E-state index in [1.165, 1.54) is 27.9 Å². The Balaban J connectivity index is 0.708. The maximum absolute atomic E-state index is 13.8. The number of carbonyl (C=O) groups is 5. The summed E-state index contributed by atoms with van der Waals surface area (Å²) in [5, 5.41) is 12.5. The average Bonchev–Trinajstić information content (AvgIpc) is 3.80. The van der Waals surface area contributed by atoms with Gasteiger partial charge in [0.15, 0.2) is 0 Å². The quantitative estimate of drug-likeness (QED) is 0.214. The molecule has 2 N–H and O–H groups in total. The number of aryl methyl sites for hydroxylation is 1. The molecule has 0 aromatic heterocycles. The van der Waals surface area contributed by atoms with Gasteiger partial charge in [-0.3, -0.25) is 34.2 Å². The van der Waals surface area contributed by atoms with Gasteiger partial charge in [-0.2, -0.15) is 0 Å². The molecule has 11 nitrogen and oxygen atoms in total. The van der Waals surface area contributed by atoms with Crippen LogP contribution in [-0.4, -0.2) is 88.1 Å². The summed E-state index contributed by atoms with van der Waals surface area (Å²) in [6.07, 6.45) is 6.14. The first-order valence-corrected chi connectivity index (χ1v) is 21.8. The van der Waals surface area contributed by atoms with Crippen molar-refractivity contribution in [2.24, 2.45) is 11.8 Å². The van der Waals surface area contributed by atoms with Gasteiger partial charge >= 0.3 is 0 Å². The van der Waals surface area contributed by atoms with Gasteiger partial charge in [0.2, 0.25) is 17.7 Å². The lowest BCUT2D eigenvalue weighted by Crippen LogP contribution is -2.54. The number of hydrogen-bond acceptors (Lipinski definition) is 8. The van der Waals surface area contributed by atoms with Crippen LogP contribution in [0.15, 0.2) is 84.9 Å². The molecule has 0 radical (unpaired) electrons. The third-order valence-corrected chi connectivity index (χ3v) is 14.3. The number of imide groups is 2. The lowest BCUT2D eigenvalue weighted by Gasteiger charge is -2.39. The topological polar surface area (TPSA) is 131 Å². The maximum Gasteiger partial charge on any atom is 0.262 e. The highest BCUT2D eigenvalue weighted by Crippen LogP contribution is 2.47. The minimum absolute atomic E-state index is 0.0456. The Kier molecular flexibility index (Phi) is 10.0. The Labute approximate surface area is 350 Å². The van der Waals surface area contributed by atoms with E-state index in [1.807, 2.05) is 17.0 Å². The molecular formula is C49H51N5O6. The van der Waals surface area contributed by atoms with E-state index in [2.05, 4.69) is 75.8 Å². The molecule has 3 fully saturated rings. The van der Waals surface area contributed by atoms with E-state index in [9.17, 15) is 29.1 Å². The number of carbonyl (C=O) groups excluding carboxylic acids is 5. The summed E-state index contributed by atoms with van der Waals surface area (Å²) >= 11 is 0. The molecule has 0 saturated carbocycles. The molecule has 5 aliphatic heterocycles. The number of nitrogens with one attached hydrogen (secondary N) is 1. The summed E-state index contributed by atoms with van der Waals surface area (Å²) in [5.41, 5.74) is 8.78. The molecule has 5 heterocycles. The summed E-state index contributed by atoms with van der Waals surface area (Å²) < 4.78 is 0. The molecule has 3 saturated heterocycles. The van der Waals surface area contributed by atoms with E-state index in [-0.39, 0.29) is 41.7 Å². The van der Waals surface area contributed by atoms with Gasteiger partial charge in [-0.1, -0.05) is 48.5 Å². The van der Waals surface area contributed by atoms with Crippen molar-refractivity contribution in [3.63, 3.8) is 0 Å². The lowest BCUT2D eigenvalue weighted by molar-refractivity contribution is -0.138. The van der Waals surface area contributed by atoms with E-state index in [0.717, 1.165) is 87.3 Å². The van der Waals surface area contributed by atoms with Crippen LogP contribution in [0.2, 0.25) is 0 Å². The fourth-order valence-corrected chi connectivity index (χ4v) is 11.1. The first-order valence-electron chi connectivity index (χ1n) is 21.8. The number of likely N-dealkylation sites (tertiary alicyclic amines) is 1. The second-order valence-electron chi connectivity index (χ2n) is 17.8. The third-order valence-electron chi connectivity index (χ3n) is 14.3. The van der Waals surface area contributed by atoms with Gasteiger partial charge < -0.3 is 19.8 Å². The van der Waals surface area contributed by atoms with Gasteiger partial charge in [-0.15, -0.1) is 0 Å². The van der Waals surface area contributed by atoms with Crippen molar-refractivity contribution in [2.45, 2.75) is 82.3 Å². The van der Waals surface area contributed by atoms with E-state index in [1.54, 1.807) is 12.1 Å². The van der Waals surface area contributed by atoms with Crippen LogP contribution in [0, 0.1) is 11.8 Å². The fraction of sp³-hybridized carbons (Fsp3) is 0.408. The molecule has 5 amide bonds. The number of anilines is 1. The van der Waals surface area contributed by atoms with Crippen molar-refractivity contribution in [2.75, 3.05) is 37.6 Å². The van der Waals surface area contributed by atoms with Gasteiger partial charge in [-0.05, 0) is 140 Å². The maximum atomic E-state index is 13.8. The fourth-order valence-electron chi connectivity index (χ4n) is 11.1. The number of phenols is 1. The predicted octanol–water partition coefficient (Wildman–Crippen LogP) is 6.13. The van der Waals surface area contributed by atoms with Crippen molar-refractivity contribution in [3.8, 4) is 5.75 Å². The zero-order chi connectivity index (χ0) is 41.1. The standard InChI is InChI=1S/C49H51N5O6/c55-38-11-13-40-34(24-38)8-12-39(31-4-2-1-3-5-31)45(40)32-6-9-37(10-7-32)52-22-16-30(17-23-52)27-51-20-18-33(19-21-51)47(58)53-28-35-25-41-42(26-36(35)29-53)49(60)54(48(41)59)43-14-15-44(56)50-46(43)57/h1-7,9-11,13,24-26,30,33,39,43,45,55H,8,12,14-23,27-29H2,(H,50,56,57). The molecule has 308 valence electrons. The van der Waals surface area contributed by atoms with Gasteiger partial charge in [0.1, 0.15) is 11.8 Å². The molecule has 11 heteroatoms. The average molecular weight is 806 g/mol. The van der Waals surface area contributed by atoms with Crippen LogP contribution < -0.4 is 10.2 Å². The van der Waals surface area contributed by atoms with E-state index >= 15 is 0 Å². The SMILES string of the molecule is O=C1CCC(N2C(=O)c3cc4c(cc3C2=O)CN(C(=O)C2CCN(CC3CCN(c5ccc(C6c7ccc(O)cc7CCC6c6ccccc6)cc5)CC3)CC2)C4)C(=O)N1. The molecule has 10 rings (SSSR count). The summed E-state index contributed by atoms with van der Waals surface area (Å²) in [4.78, 5) is 72.5. The summed E-state index contributed by atoms with van der Waals surface area (Å²) in [7, 11) is 0. The van der Waals surface area contributed by atoms with Crippen molar-refractivity contribution < 1.29 is 29.1 Å². The van der Waals surface area contributed by atoms with Crippen LogP contribution in [0.1, 0.15) is 111 Å². The van der Waals surface area contributed by atoms with Gasteiger partial charge in [-0.25, -0.2) is 0 Å². The third kappa shape index (κ3) is 7.06. The number of nitrogens with zero attached hydrogens (tertiary/aromatic N) is 4. The number of rotatable bonds is 7. The number of piperidine rings is 3. The normalized spacial score (nSPS) is 23.7. The van der Waals surface area contributed by atoms with E-state index in [0.29, 0.717) is 30.7 Å². The minimum atomic E-state index is -0.996. The second kappa shape index (κ2) is 15.7. The van der Waals surface area contributed by atoms with Gasteiger partial charge in [0.05, 0.1) is 11.1 Å². The zero-order valence-corrected chi connectivity index (χ0v) is 33.9. The number of fused-ring (bicyclic) bond motifs is 3. The number of amides is 5. The molecule has 4 aromatic carbocycles. The predicted molar refractivity (Wildman–Crippen MR) is 225 cm³/mol. The van der Waals surface area contributed by atoms with Crippen LogP contribution in [0.5, 0.6) is 5.75 Å². The van der Waals surface area contributed by atoms with Crippen molar-refractivity contribution in [1.82, 2.24) is 20.0 Å². The number of aromatic hydroxyl groups is 1. The number of benzene rings is 4. The Morgan fingerprint density at radius 1 is 0.683 bits per heavy atom. The molecule has 0 spiro atoms. The highest BCUT2D eigenvalue weighted by molar-refractivity contribution is 6.23. The Morgan fingerprint density at radius 2 is 1.37 bits per heavy atom. The van der Waals surface area contributed by atoms with E-state index in [4.69, 9.17) is 0 Å². The monoisotopic (exact) mass is 805 g/mol. The first kappa shape index (κ1) is 38.4. The van der Waals surface area contributed by atoms with E-state index < -0.39 is 29.7 Å². The second-order valence-corrected chi connectivity index (χ2v) is 17.8. The van der Waals surface area contributed by atoms with Crippen molar-refractivity contribution >= 4 is 35.2 Å². The van der Waals surface area contributed by atoms with Crippen molar-refractivity contribution in [1.29, 1.82) is 0 Å². The van der Waals surface area contributed by atoms with Crippen LogP contribution in [0.4, 0.5) is 5.69 Å². The summed E-state index contributed by atoms with van der Waals surface area (Å²) in [6.45, 7) is 5.72. The molecular weight excluding hydrogens is 755 g/mol. The van der Waals surface area contributed by atoms with Crippen LogP contribution in [0.3, 0.4) is 0 Å². The molecule has 0 bridgehead atoms. The van der Waals surface area contributed by atoms with Crippen molar-refractivity contribution in [3.05, 3.63) is 129 Å². The minimum Gasteiger partial charge on any atom is -0.508 e. The van der Waals surface area contributed by atoms with Crippen LogP contribution in [-0.2, 0) is 33.9 Å². The molecule has 6 aliphatic rings. The Morgan fingerprint density at radius 3 is 2.03 bits per heavy atom. The largest absolute Gasteiger partial charge is 0.508 e. The highest BCUT2D eigenvalue weighted by Gasteiger charge is 2.46. The smallest absolute Gasteiger partial charge is 0.262 e. The van der Waals surface area contributed by atoms with Crippen LogP contribution in [0.25, 0.3) is 0 Å². The molecule has 3 unspecified atom stereocenters. The summed E-state index contributed by atoms with van der Waals surface area (Å²) in [6, 6.07) is 28.5. The van der Waals surface area contributed by atoms with Gasteiger partial charge in [0.25, 0.3) is 11.8 Å². The lowest BCUT2D eigenvalue weighted by atomic mass is 9.69. The van der Waals surface area contributed by atoms with Gasteiger partial charge in [0, 0.05) is 56.7 Å². The number of hydrogen-bond donors (Lipinski definition) is 2. The van der Waals surface area contributed by atoms with Crippen LogP contribution >= 0.6 is 0 Å². The Hall–Kier alpha value is -5.81. The molecule has 3 atom stereocenters. The molecule has 60 heavy (non-hydrogen) atoms.